The Hall–Kier alpha value is -0.420. The molecule has 1 aliphatic rings. The van der Waals surface area contributed by atoms with Crippen molar-refractivity contribution in [2.75, 3.05) is 26.7 Å². The number of likely N-dealkylation sites (tertiary alicyclic amines) is 1. The summed E-state index contributed by atoms with van der Waals surface area (Å²) in [6.07, 6.45) is 3.45. The van der Waals surface area contributed by atoms with Crippen molar-refractivity contribution in [3.8, 4) is 0 Å². The number of hydrogen-bond donors (Lipinski definition) is 1. The minimum absolute atomic E-state index is 0. The monoisotopic (exact) mass is 376 g/mol. The van der Waals surface area contributed by atoms with E-state index in [1.807, 2.05) is 43.1 Å². The number of nitrogens with one attached hydrogen (secondary N) is 1. The minimum atomic E-state index is -0.0891. The number of piperidine rings is 1. The lowest BCUT2D eigenvalue weighted by Crippen LogP contribution is -2.42. The molecule has 0 aliphatic carbocycles. The summed E-state index contributed by atoms with van der Waals surface area (Å²) in [5, 5.41) is 3.83. The molecule has 0 radical (unpaired) electrons. The topological polar surface area (TPSA) is 32.3 Å². The second-order valence-electron chi connectivity index (χ2n) is 5.85. The lowest BCUT2D eigenvalue weighted by molar-refractivity contribution is -0.131. The van der Waals surface area contributed by atoms with Crippen molar-refractivity contribution in [2.45, 2.75) is 36.3 Å². The quantitative estimate of drug-likeness (QED) is 0.758. The van der Waals surface area contributed by atoms with Crippen molar-refractivity contribution >= 4 is 41.7 Å². The van der Waals surface area contributed by atoms with Crippen LogP contribution >= 0.6 is 35.8 Å². The molecule has 0 saturated carbocycles. The molecule has 130 valence electrons. The number of carbonyl (C=O) groups is 1. The van der Waals surface area contributed by atoms with E-state index in [4.69, 9.17) is 11.6 Å². The molecular weight excluding hydrogens is 351 g/mol. The number of hydrogen-bond acceptors (Lipinski definition) is 3. The average Bonchev–Trinajstić information content (AvgIpc) is 2.55. The SMILES string of the molecule is CNCCC1CCN(C(=O)C(C)Sc2ccccc2Cl)CC1.Cl. The highest BCUT2D eigenvalue weighted by Gasteiger charge is 2.26. The Bertz CT molecular complexity index is 493. The Balaban J connectivity index is 0.00000264. The summed E-state index contributed by atoms with van der Waals surface area (Å²) < 4.78 is 0. The van der Waals surface area contributed by atoms with Crippen LogP contribution in [0, 0.1) is 5.92 Å². The van der Waals surface area contributed by atoms with Crippen LogP contribution in [0.1, 0.15) is 26.2 Å². The highest BCUT2D eigenvalue weighted by molar-refractivity contribution is 8.00. The molecule has 1 N–H and O–H groups in total. The molecule has 23 heavy (non-hydrogen) atoms. The van der Waals surface area contributed by atoms with Crippen LogP contribution in [0.25, 0.3) is 0 Å². The fourth-order valence-electron chi connectivity index (χ4n) is 2.83. The molecule has 1 amide bonds. The number of nitrogens with zero attached hydrogens (tertiary/aromatic N) is 1. The van der Waals surface area contributed by atoms with Crippen molar-refractivity contribution < 1.29 is 4.79 Å². The van der Waals surface area contributed by atoms with Crippen LogP contribution in [0.4, 0.5) is 0 Å². The van der Waals surface area contributed by atoms with Crippen LogP contribution < -0.4 is 5.32 Å². The molecule has 1 aromatic carbocycles. The summed E-state index contributed by atoms with van der Waals surface area (Å²) in [6, 6.07) is 7.71. The Labute approximate surface area is 154 Å². The first-order chi connectivity index (χ1) is 10.6. The van der Waals surface area contributed by atoms with E-state index in [0.29, 0.717) is 0 Å². The Morgan fingerprint density at radius 3 is 2.65 bits per heavy atom. The Morgan fingerprint density at radius 2 is 2.04 bits per heavy atom. The lowest BCUT2D eigenvalue weighted by Gasteiger charge is -2.33. The van der Waals surface area contributed by atoms with Gasteiger partial charge in [0.25, 0.3) is 0 Å². The van der Waals surface area contributed by atoms with Crippen molar-refractivity contribution in [1.82, 2.24) is 10.2 Å². The van der Waals surface area contributed by atoms with Crippen molar-refractivity contribution in [3.05, 3.63) is 29.3 Å². The molecule has 0 bridgehead atoms. The third-order valence-corrected chi connectivity index (χ3v) is 5.82. The number of halogens is 2. The molecular formula is C17H26Cl2N2OS. The summed E-state index contributed by atoms with van der Waals surface area (Å²) >= 11 is 7.73. The largest absolute Gasteiger partial charge is 0.342 e. The van der Waals surface area contributed by atoms with Gasteiger partial charge in [-0.2, -0.15) is 0 Å². The molecule has 1 aromatic rings. The number of amides is 1. The number of benzene rings is 1. The van der Waals surface area contributed by atoms with Gasteiger partial charge in [-0.1, -0.05) is 23.7 Å². The van der Waals surface area contributed by atoms with Crippen LogP contribution in [0.15, 0.2) is 29.2 Å². The zero-order chi connectivity index (χ0) is 15.9. The van der Waals surface area contributed by atoms with Crippen LogP contribution in [0.3, 0.4) is 0 Å². The molecule has 1 unspecified atom stereocenters. The van der Waals surface area contributed by atoms with Gasteiger partial charge in [-0.25, -0.2) is 0 Å². The summed E-state index contributed by atoms with van der Waals surface area (Å²) in [7, 11) is 1.99. The average molecular weight is 377 g/mol. The van der Waals surface area contributed by atoms with Gasteiger partial charge in [-0.15, -0.1) is 24.2 Å². The van der Waals surface area contributed by atoms with Crippen LogP contribution in [0.5, 0.6) is 0 Å². The first kappa shape index (κ1) is 20.6. The summed E-state index contributed by atoms with van der Waals surface area (Å²) in [6.45, 7) is 4.82. The first-order valence-electron chi connectivity index (χ1n) is 7.96. The van der Waals surface area contributed by atoms with Crippen LogP contribution in [-0.2, 0) is 4.79 Å². The van der Waals surface area contributed by atoms with Crippen molar-refractivity contribution in [1.29, 1.82) is 0 Å². The van der Waals surface area contributed by atoms with Gasteiger partial charge in [0.05, 0.1) is 10.3 Å². The standard InChI is InChI=1S/C17H25ClN2OS.ClH/c1-13(22-16-6-4-3-5-15(16)18)17(21)20-11-8-14(9-12-20)7-10-19-2;/h3-6,13-14,19H,7-12H2,1-2H3;1H. The Kier molecular flexibility index (Phi) is 9.37. The molecule has 0 spiro atoms. The minimum Gasteiger partial charge on any atom is -0.342 e. The predicted octanol–water partition coefficient (Wildman–Crippen LogP) is 4.09. The highest BCUT2D eigenvalue weighted by atomic mass is 35.5. The predicted molar refractivity (Wildman–Crippen MR) is 102 cm³/mol. The summed E-state index contributed by atoms with van der Waals surface area (Å²) in [4.78, 5) is 15.6. The number of thioether (sulfide) groups is 1. The molecule has 3 nitrogen and oxygen atoms in total. The summed E-state index contributed by atoms with van der Waals surface area (Å²) in [5.41, 5.74) is 0. The maximum atomic E-state index is 12.6. The smallest absolute Gasteiger partial charge is 0.235 e. The van der Waals surface area contributed by atoms with Crippen LogP contribution in [-0.4, -0.2) is 42.7 Å². The molecule has 1 heterocycles. The van der Waals surface area contributed by atoms with E-state index in [1.54, 1.807) is 11.8 Å². The van der Waals surface area contributed by atoms with Gasteiger partial charge >= 0.3 is 0 Å². The normalized spacial score (nSPS) is 16.7. The van der Waals surface area contributed by atoms with E-state index in [9.17, 15) is 4.79 Å². The molecule has 1 saturated heterocycles. The van der Waals surface area contributed by atoms with Gasteiger partial charge in [0, 0.05) is 18.0 Å². The van der Waals surface area contributed by atoms with Gasteiger partial charge in [0.1, 0.15) is 0 Å². The Morgan fingerprint density at radius 1 is 1.39 bits per heavy atom. The van der Waals surface area contributed by atoms with Crippen LogP contribution in [0.2, 0.25) is 5.02 Å². The van der Waals surface area contributed by atoms with Crippen molar-refractivity contribution in [3.63, 3.8) is 0 Å². The molecule has 1 aliphatic heterocycles. The van der Waals surface area contributed by atoms with E-state index in [2.05, 4.69) is 5.32 Å². The van der Waals surface area contributed by atoms with E-state index >= 15 is 0 Å². The summed E-state index contributed by atoms with van der Waals surface area (Å²) in [5.74, 6) is 0.986. The fraction of sp³-hybridized carbons (Fsp3) is 0.588. The van der Waals surface area contributed by atoms with Gasteiger partial charge in [-0.3, -0.25) is 4.79 Å². The lowest BCUT2D eigenvalue weighted by atomic mass is 9.93. The van der Waals surface area contributed by atoms with E-state index in [0.717, 1.165) is 48.3 Å². The third kappa shape index (κ3) is 6.18. The molecule has 6 heteroatoms. The van der Waals surface area contributed by atoms with Gasteiger partial charge in [0.2, 0.25) is 5.91 Å². The second kappa shape index (κ2) is 10.4. The van der Waals surface area contributed by atoms with Gasteiger partial charge in [0.15, 0.2) is 0 Å². The zero-order valence-corrected chi connectivity index (χ0v) is 16.1. The zero-order valence-electron chi connectivity index (χ0n) is 13.8. The first-order valence-corrected chi connectivity index (χ1v) is 9.22. The maximum absolute atomic E-state index is 12.6. The molecule has 1 fully saturated rings. The third-order valence-electron chi connectivity index (χ3n) is 4.22. The maximum Gasteiger partial charge on any atom is 0.235 e. The molecule has 2 rings (SSSR count). The molecule has 0 aromatic heterocycles. The van der Waals surface area contributed by atoms with Gasteiger partial charge in [-0.05, 0) is 57.8 Å². The van der Waals surface area contributed by atoms with E-state index in [1.165, 1.54) is 6.42 Å². The van der Waals surface area contributed by atoms with E-state index < -0.39 is 0 Å². The second-order valence-corrected chi connectivity index (χ2v) is 7.64. The highest BCUT2D eigenvalue weighted by Crippen LogP contribution is 2.31. The van der Waals surface area contributed by atoms with E-state index in [-0.39, 0.29) is 23.6 Å². The van der Waals surface area contributed by atoms with Crippen molar-refractivity contribution in [2.24, 2.45) is 5.92 Å². The number of carbonyl (C=O) groups excluding carboxylic acids is 1. The number of rotatable bonds is 6. The van der Waals surface area contributed by atoms with Gasteiger partial charge < -0.3 is 10.2 Å². The molecule has 1 atom stereocenters. The fourth-order valence-corrected chi connectivity index (χ4v) is 4.07.